The SMILES string of the molecule is CC(CCCCCOC(=O)c1ccc(-c2ccccc2)cc1)CCCCCn1cc(COC(COC(COCC(O)CO)COCC(O)CO)COC(COCC(O)CO)COCC(O)CO)nn1. The molecule has 20 heteroatoms. The van der Waals surface area contributed by atoms with Gasteiger partial charge >= 0.3 is 5.97 Å². The number of aryl methyl sites for hydroxylation is 1. The number of carbonyl (C=O) groups excluding carboxylic acids is 1. The maximum absolute atomic E-state index is 12.5. The number of aromatic nitrogens is 3. The van der Waals surface area contributed by atoms with E-state index in [-0.39, 0.29) is 78.6 Å². The molecule has 5 atom stereocenters. The Kier molecular flexibility index (Phi) is 32.3. The van der Waals surface area contributed by atoms with Gasteiger partial charge < -0.3 is 78.7 Å². The highest BCUT2D eigenvalue weighted by Crippen LogP contribution is 2.20. The lowest BCUT2D eigenvalue weighted by molar-refractivity contribution is -0.141. The molecule has 0 saturated carbocycles. The van der Waals surface area contributed by atoms with Crippen LogP contribution in [-0.2, 0) is 51.0 Å². The first-order valence-electron chi connectivity index (χ1n) is 24.1. The van der Waals surface area contributed by atoms with Crippen molar-refractivity contribution in [1.29, 1.82) is 0 Å². The number of ether oxygens (including phenoxy) is 8. The Hall–Kier alpha value is -3.55. The molecule has 8 N–H and O–H groups in total. The number of aliphatic hydroxyl groups is 8. The maximum Gasteiger partial charge on any atom is 0.338 e. The molecule has 0 aliphatic rings. The Morgan fingerprint density at radius 1 is 0.551 bits per heavy atom. The van der Waals surface area contributed by atoms with Gasteiger partial charge in [-0.25, -0.2) is 4.79 Å². The van der Waals surface area contributed by atoms with Gasteiger partial charge in [0.2, 0.25) is 0 Å². The molecule has 0 fully saturated rings. The minimum Gasteiger partial charge on any atom is -0.462 e. The van der Waals surface area contributed by atoms with Gasteiger partial charge in [0.15, 0.2) is 0 Å². The van der Waals surface area contributed by atoms with E-state index in [1.165, 1.54) is 0 Å². The number of benzene rings is 2. The Bertz CT molecular complexity index is 1620. The van der Waals surface area contributed by atoms with Crippen molar-refractivity contribution in [2.45, 2.75) is 114 Å². The van der Waals surface area contributed by atoms with Crippen LogP contribution in [0, 0.1) is 5.92 Å². The summed E-state index contributed by atoms with van der Waals surface area (Å²) >= 11 is 0. The van der Waals surface area contributed by atoms with Crippen molar-refractivity contribution in [3.05, 3.63) is 72.1 Å². The van der Waals surface area contributed by atoms with E-state index in [4.69, 9.17) is 37.9 Å². The van der Waals surface area contributed by atoms with Crippen molar-refractivity contribution in [1.82, 2.24) is 15.0 Å². The van der Waals surface area contributed by atoms with Gasteiger partial charge in [0.1, 0.15) is 48.4 Å². The molecule has 0 bridgehead atoms. The van der Waals surface area contributed by atoms with E-state index in [1.807, 2.05) is 60.8 Å². The third-order valence-corrected chi connectivity index (χ3v) is 10.8. The Morgan fingerprint density at radius 3 is 1.51 bits per heavy atom. The fourth-order valence-corrected chi connectivity index (χ4v) is 6.73. The third kappa shape index (κ3) is 27.6. The fraction of sp³-hybridized carbons (Fsp3) is 0.694. The predicted molar refractivity (Wildman–Crippen MR) is 252 cm³/mol. The lowest BCUT2D eigenvalue weighted by atomic mass is 9.97. The first-order chi connectivity index (χ1) is 33.5. The number of rotatable bonds is 43. The van der Waals surface area contributed by atoms with Crippen molar-refractivity contribution in [3.63, 3.8) is 0 Å². The van der Waals surface area contributed by atoms with Crippen LogP contribution in [0.15, 0.2) is 60.8 Å². The zero-order valence-electron chi connectivity index (χ0n) is 40.2. The Balaban J connectivity index is 1.43. The van der Waals surface area contributed by atoms with Crippen molar-refractivity contribution in [2.24, 2.45) is 5.92 Å². The van der Waals surface area contributed by atoms with Gasteiger partial charge in [-0.1, -0.05) is 93.1 Å². The van der Waals surface area contributed by atoms with Gasteiger partial charge in [0.05, 0.1) is 117 Å². The van der Waals surface area contributed by atoms with Crippen molar-refractivity contribution >= 4 is 5.97 Å². The zero-order chi connectivity index (χ0) is 49.9. The number of carbonyl (C=O) groups is 1. The Labute approximate surface area is 406 Å². The molecule has 69 heavy (non-hydrogen) atoms. The largest absolute Gasteiger partial charge is 0.462 e. The minimum absolute atomic E-state index is 0.0480. The van der Waals surface area contributed by atoms with E-state index in [0.717, 1.165) is 62.5 Å². The van der Waals surface area contributed by atoms with Gasteiger partial charge in [-0.3, -0.25) is 4.68 Å². The highest BCUT2D eigenvalue weighted by Gasteiger charge is 2.21. The van der Waals surface area contributed by atoms with E-state index in [0.29, 0.717) is 30.3 Å². The highest BCUT2D eigenvalue weighted by molar-refractivity contribution is 5.90. The number of nitrogens with zero attached hydrogens (tertiary/aromatic N) is 3. The summed E-state index contributed by atoms with van der Waals surface area (Å²) in [5.41, 5.74) is 3.28. The zero-order valence-corrected chi connectivity index (χ0v) is 40.2. The highest BCUT2D eigenvalue weighted by atomic mass is 16.6. The molecular weight excluding hydrogens is 903 g/mol. The van der Waals surface area contributed by atoms with Crippen LogP contribution in [0.1, 0.15) is 74.3 Å². The van der Waals surface area contributed by atoms with Gasteiger partial charge in [0.25, 0.3) is 0 Å². The molecule has 0 amide bonds. The van der Waals surface area contributed by atoms with E-state index < -0.39 is 69.2 Å². The van der Waals surface area contributed by atoms with E-state index in [9.17, 15) is 45.6 Å². The van der Waals surface area contributed by atoms with E-state index >= 15 is 0 Å². The van der Waals surface area contributed by atoms with Crippen LogP contribution in [0.25, 0.3) is 11.1 Å². The van der Waals surface area contributed by atoms with E-state index in [1.54, 1.807) is 4.68 Å². The second-order valence-corrected chi connectivity index (χ2v) is 17.2. The van der Waals surface area contributed by atoms with Crippen LogP contribution >= 0.6 is 0 Å². The third-order valence-electron chi connectivity index (χ3n) is 10.8. The topological polar surface area (TPSA) is 283 Å². The molecule has 3 aromatic rings. The normalized spacial score (nSPS) is 15.3. The monoisotopic (exact) mass is 982 g/mol. The average Bonchev–Trinajstić information content (AvgIpc) is 3.83. The van der Waals surface area contributed by atoms with Crippen LogP contribution in [0.4, 0.5) is 0 Å². The first-order valence-corrected chi connectivity index (χ1v) is 24.1. The summed E-state index contributed by atoms with van der Waals surface area (Å²) < 4.78 is 47.7. The number of hydrogen-bond acceptors (Lipinski definition) is 19. The lowest BCUT2D eigenvalue weighted by Crippen LogP contribution is -2.37. The number of aliphatic hydroxyl groups excluding tert-OH is 8. The van der Waals surface area contributed by atoms with Gasteiger partial charge in [-0.05, 0) is 42.0 Å². The van der Waals surface area contributed by atoms with Crippen molar-refractivity contribution < 1.29 is 83.5 Å². The summed E-state index contributed by atoms with van der Waals surface area (Å²) in [6.07, 6.45) is 3.46. The summed E-state index contributed by atoms with van der Waals surface area (Å²) in [7, 11) is 0. The molecule has 0 aliphatic heterocycles. The summed E-state index contributed by atoms with van der Waals surface area (Å²) in [6.45, 7) is 0.464. The van der Waals surface area contributed by atoms with Crippen LogP contribution in [0.2, 0.25) is 0 Å². The molecule has 0 saturated heterocycles. The summed E-state index contributed by atoms with van der Waals surface area (Å²) in [5.74, 6) is 0.297. The van der Waals surface area contributed by atoms with Crippen LogP contribution in [0.5, 0.6) is 0 Å². The van der Waals surface area contributed by atoms with Crippen LogP contribution in [0.3, 0.4) is 0 Å². The Morgan fingerprint density at radius 2 is 1.01 bits per heavy atom. The molecule has 20 nitrogen and oxygen atoms in total. The molecule has 3 rings (SSSR count). The quantitative estimate of drug-likeness (QED) is 0.0296. The van der Waals surface area contributed by atoms with Gasteiger partial charge in [0, 0.05) is 6.54 Å². The molecule has 1 aromatic heterocycles. The standard InChI is InChI=1S/C49H79N3O17/c1-37(12-6-4-10-20-66-49(61)40-17-15-39(16-18-40)38-13-7-2-8-14-38)11-5-3-9-19-52-21-41(50-51-52)26-67-48(35-68-46(31-62-27-42(57)22-53)32-63-28-43(58)23-54)36-69-47(33-64-29-44(59)24-55)34-65-30-45(60)25-56/h2,7-8,13-18,21,37,42-48,53-60H,3-6,9-12,19-20,22-36H2,1H3. The molecule has 2 aromatic carbocycles. The summed E-state index contributed by atoms with van der Waals surface area (Å²) in [4.78, 5) is 12.5. The fourth-order valence-electron chi connectivity index (χ4n) is 6.73. The number of unbranched alkanes of at least 4 members (excludes halogenated alkanes) is 4. The number of esters is 1. The second-order valence-electron chi connectivity index (χ2n) is 17.2. The van der Waals surface area contributed by atoms with Crippen molar-refractivity contribution in [3.8, 4) is 11.1 Å². The van der Waals surface area contributed by atoms with Gasteiger partial charge in [-0.15, -0.1) is 5.10 Å². The molecule has 1 heterocycles. The smallest absolute Gasteiger partial charge is 0.338 e. The average molecular weight is 982 g/mol. The van der Waals surface area contributed by atoms with E-state index in [2.05, 4.69) is 17.2 Å². The lowest BCUT2D eigenvalue weighted by Gasteiger charge is -2.25. The van der Waals surface area contributed by atoms with Crippen molar-refractivity contribution in [2.75, 3.05) is 99.1 Å². The molecule has 0 spiro atoms. The summed E-state index contributed by atoms with van der Waals surface area (Å²) in [5, 5.41) is 84.2. The van der Waals surface area contributed by atoms with Crippen LogP contribution < -0.4 is 0 Å². The molecular formula is C49H79N3O17. The summed E-state index contributed by atoms with van der Waals surface area (Å²) in [6, 6.07) is 17.5. The molecule has 0 aliphatic carbocycles. The minimum atomic E-state index is -1.10. The first kappa shape index (κ1) is 59.8. The predicted octanol–water partition coefficient (Wildman–Crippen LogP) is 1.69. The number of hydrogen-bond donors (Lipinski definition) is 8. The van der Waals surface area contributed by atoms with Gasteiger partial charge in [-0.2, -0.15) is 0 Å². The molecule has 0 radical (unpaired) electrons. The second kappa shape index (κ2) is 37.3. The molecule has 392 valence electrons. The van der Waals surface area contributed by atoms with Crippen LogP contribution in [-0.4, -0.2) is 204 Å². The maximum atomic E-state index is 12.5. The molecule has 5 unspecified atom stereocenters.